The summed E-state index contributed by atoms with van der Waals surface area (Å²) < 4.78 is 5.45. The Balaban J connectivity index is 1.81. The second kappa shape index (κ2) is 8.93. The van der Waals surface area contributed by atoms with Crippen LogP contribution in [0.3, 0.4) is 0 Å². The molecule has 0 radical (unpaired) electrons. The zero-order valence-corrected chi connectivity index (χ0v) is 16.1. The fourth-order valence-corrected chi connectivity index (χ4v) is 2.98. The summed E-state index contributed by atoms with van der Waals surface area (Å²) in [7, 11) is 0. The summed E-state index contributed by atoms with van der Waals surface area (Å²) in [6.45, 7) is 5.91. The smallest absolute Gasteiger partial charge is 0.275 e. The molecule has 0 saturated carbocycles. The van der Waals surface area contributed by atoms with Crippen molar-refractivity contribution in [3.63, 3.8) is 0 Å². The van der Waals surface area contributed by atoms with Gasteiger partial charge in [-0.25, -0.2) is 5.43 Å². The lowest BCUT2D eigenvalue weighted by molar-refractivity contribution is 0.0952. The summed E-state index contributed by atoms with van der Waals surface area (Å²) in [4.78, 5) is 12.4. The first kappa shape index (κ1) is 19.9. The van der Waals surface area contributed by atoms with Crippen molar-refractivity contribution in [2.75, 3.05) is 6.61 Å². The van der Waals surface area contributed by atoms with E-state index in [1.165, 1.54) is 6.21 Å². The van der Waals surface area contributed by atoms with Crippen LogP contribution in [0.1, 0.15) is 28.4 Å². The van der Waals surface area contributed by atoms with Crippen molar-refractivity contribution in [2.45, 2.75) is 13.3 Å². The van der Waals surface area contributed by atoms with Crippen molar-refractivity contribution in [3.05, 3.63) is 77.9 Å². The Morgan fingerprint density at radius 2 is 1.90 bits per heavy atom. The molecular weight excluding hydrogens is 368 g/mol. The molecule has 6 heteroatoms. The van der Waals surface area contributed by atoms with Crippen LogP contribution in [0.25, 0.3) is 10.8 Å². The first-order valence-corrected chi connectivity index (χ1v) is 9.18. The van der Waals surface area contributed by atoms with E-state index in [-0.39, 0.29) is 17.1 Å². The zero-order chi connectivity index (χ0) is 20.8. The van der Waals surface area contributed by atoms with E-state index in [9.17, 15) is 15.0 Å². The quantitative estimate of drug-likeness (QED) is 0.321. The highest BCUT2D eigenvalue weighted by Crippen LogP contribution is 2.32. The third-order valence-corrected chi connectivity index (χ3v) is 4.33. The predicted molar refractivity (Wildman–Crippen MR) is 114 cm³/mol. The van der Waals surface area contributed by atoms with E-state index >= 15 is 0 Å². The number of carbonyl (C=O) groups is 1. The molecule has 29 heavy (non-hydrogen) atoms. The largest absolute Gasteiger partial charge is 0.507 e. The zero-order valence-electron chi connectivity index (χ0n) is 16.1. The molecular formula is C23H22N2O4. The van der Waals surface area contributed by atoms with E-state index < -0.39 is 5.91 Å². The molecule has 0 aliphatic rings. The fraction of sp³-hybridized carbons (Fsp3) is 0.130. The lowest BCUT2D eigenvalue weighted by atomic mass is 10.1. The fourth-order valence-electron chi connectivity index (χ4n) is 2.98. The summed E-state index contributed by atoms with van der Waals surface area (Å²) in [5, 5.41) is 26.0. The molecule has 0 fully saturated rings. The number of allylic oxidation sites excluding steroid dienone is 1. The molecule has 0 bridgehead atoms. The van der Waals surface area contributed by atoms with Crippen molar-refractivity contribution in [2.24, 2.45) is 5.10 Å². The van der Waals surface area contributed by atoms with Crippen molar-refractivity contribution >= 4 is 22.9 Å². The monoisotopic (exact) mass is 390 g/mol. The number of amides is 1. The third-order valence-electron chi connectivity index (χ3n) is 4.33. The Bertz CT molecular complexity index is 1090. The number of phenolic OH excluding ortho intramolecular Hbond substituents is 2. The SMILES string of the molecule is C=CCc1cc(C=NNC(=O)c2cc3ccccc3cc2O)cc(OCC)c1O. The number of aromatic hydroxyl groups is 2. The van der Waals surface area contributed by atoms with Crippen LogP contribution in [-0.4, -0.2) is 28.9 Å². The van der Waals surface area contributed by atoms with Crippen LogP contribution < -0.4 is 10.2 Å². The molecule has 0 aromatic heterocycles. The molecule has 0 aliphatic heterocycles. The second-order valence-corrected chi connectivity index (χ2v) is 6.37. The Hall–Kier alpha value is -3.80. The van der Waals surface area contributed by atoms with E-state index in [0.717, 1.165) is 10.8 Å². The minimum atomic E-state index is -0.528. The van der Waals surface area contributed by atoms with Gasteiger partial charge >= 0.3 is 0 Å². The Morgan fingerprint density at radius 1 is 1.17 bits per heavy atom. The Kier molecular flexibility index (Phi) is 6.14. The summed E-state index contributed by atoms with van der Waals surface area (Å²) >= 11 is 0. The van der Waals surface area contributed by atoms with Crippen LogP contribution in [0.4, 0.5) is 0 Å². The van der Waals surface area contributed by atoms with Gasteiger partial charge in [0.05, 0.1) is 18.4 Å². The number of hydrogen-bond donors (Lipinski definition) is 3. The molecule has 0 atom stereocenters. The van der Waals surface area contributed by atoms with Gasteiger partial charge in [-0.05, 0) is 53.9 Å². The topological polar surface area (TPSA) is 91.2 Å². The first-order valence-electron chi connectivity index (χ1n) is 9.18. The molecule has 6 nitrogen and oxygen atoms in total. The first-order chi connectivity index (χ1) is 14.0. The summed E-state index contributed by atoms with van der Waals surface area (Å²) in [6.07, 6.45) is 3.59. The van der Waals surface area contributed by atoms with Crippen molar-refractivity contribution in [1.82, 2.24) is 5.43 Å². The van der Waals surface area contributed by atoms with Crippen LogP contribution in [0, 0.1) is 0 Å². The number of carbonyl (C=O) groups excluding carboxylic acids is 1. The normalized spacial score (nSPS) is 10.9. The van der Waals surface area contributed by atoms with Gasteiger partial charge in [0.1, 0.15) is 5.75 Å². The molecule has 148 valence electrons. The third kappa shape index (κ3) is 4.55. The maximum Gasteiger partial charge on any atom is 0.275 e. The van der Waals surface area contributed by atoms with Gasteiger partial charge in [-0.1, -0.05) is 30.3 Å². The average molecular weight is 390 g/mol. The highest BCUT2D eigenvalue weighted by atomic mass is 16.5. The number of benzene rings is 3. The lowest BCUT2D eigenvalue weighted by Gasteiger charge is -2.11. The lowest BCUT2D eigenvalue weighted by Crippen LogP contribution is -2.17. The van der Waals surface area contributed by atoms with Gasteiger partial charge in [-0.15, -0.1) is 6.58 Å². The molecule has 3 rings (SSSR count). The van der Waals surface area contributed by atoms with Crippen LogP contribution in [0.15, 0.2) is 66.3 Å². The van der Waals surface area contributed by atoms with Crippen LogP contribution >= 0.6 is 0 Å². The minimum Gasteiger partial charge on any atom is -0.507 e. The van der Waals surface area contributed by atoms with Crippen LogP contribution in [0.2, 0.25) is 0 Å². The number of ether oxygens (including phenoxy) is 1. The highest BCUT2D eigenvalue weighted by molar-refractivity contribution is 6.01. The van der Waals surface area contributed by atoms with E-state index in [1.807, 2.05) is 31.2 Å². The van der Waals surface area contributed by atoms with E-state index in [1.54, 1.807) is 30.3 Å². The molecule has 0 aliphatic carbocycles. The molecule has 0 heterocycles. The predicted octanol–water partition coefficient (Wildman–Crippen LogP) is 4.14. The molecule has 3 aromatic carbocycles. The number of phenols is 2. The van der Waals surface area contributed by atoms with Crippen LogP contribution in [-0.2, 0) is 6.42 Å². The van der Waals surface area contributed by atoms with Crippen LogP contribution in [0.5, 0.6) is 17.2 Å². The van der Waals surface area contributed by atoms with Gasteiger partial charge in [-0.3, -0.25) is 4.79 Å². The number of nitrogens with one attached hydrogen (secondary N) is 1. The van der Waals surface area contributed by atoms with Crippen molar-refractivity contribution in [1.29, 1.82) is 0 Å². The number of rotatable bonds is 7. The maximum atomic E-state index is 12.4. The van der Waals surface area contributed by atoms with E-state index in [4.69, 9.17) is 4.74 Å². The molecule has 0 spiro atoms. The van der Waals surface area contributed by atoms with E-state index in [2.05, 4.69) is 17.1 Å². The van der Waals surface area contributed by atoms with E-state index in [0.29, 0.717) is 29.9 Å². The molecule has 0 unspecified atom stereocenters. The summed E-state index contributed by atoms with van der Waals surface area (Å²) in [5.74, 6) is -0.242. The summed E-state index contributed by atoms with van der Waals surface area (Å²) in [5.41, 5.74) is 3.84. The van der Waals surface area contributed by atoms with Crippen molar-refractivity contribution in [3.8, 4) is 17.2 Å². The number of fused-ring (bicyclic) bond motifs is 1. The van der Waals surface area contributed by atoms with Gasteiger partial charge in [-0.2, -0.15) is 5.10 Å². The highest BCUT2D eigenvalue weighted by Gasteiger charge is 2.12. The number of nitrogens with zero attached hydrogens (tertiary/aromatic N) is 1. The van der Waals surface area contributed by atoms with Gasteiger partial charge in [0.2, 0.25) is 0 Å². The molecule has 1 amide bonds. The average Bonchev–Trinajstić information content (AvgIpc) is 2.71. The Labute approximate surface area is 168 Å². The molecule has 3 aromatic rings. The van der Waals surface area contributed by atoms with Gasteiger partial charge in [0, 0.05) is 5.56 Å². The second-order valence-electron chi connectivity index (χ2n) is 6.37. The number of hydrazone groups is 1. The number of hydrogen-bond acceptors (Lipinski definition) is 5. The van der Waals surface area contributed by atoms with Gasteiger partial charge < -0.3 is 14.9 Å². The maximum absolute atomic E-state index is 12.4. The minimum absolute atomic E-state index is 0.0639. The molecule has 0 saturated heterocycles. The Morgan fingerprint density at radius 3 is 2.59 bits per heavy atom. The molecule has 3 N–H and O–H groups in total. The van der Waals surface area contributed by atoms with Gasteiger partial charge in [0.15, 0.2) is 11.5 Å². The summed E-state index contributed by atoms with van der Waals surface area (Å²) in [6, 6.07) is 14.0. The van der Waals surface area contributed by atoms with Crippen molar-refractivity contribution < 1.29 is 19.7 Å². The standard InChI is InChI=1S/C23H22N2O4/c1-3-7-18-10-15(11-21(22(18)27)29-4-2)14-24-25-23(28)19-12-16-8-5-6-9-17(16)13-20(19)26/h3,5-6,8-14,26-27H,1,4,7H2,2H3,(H,25,28). The van der Waals surface area contributed by atoms with Gasteiger partial charge in [0.25, 0.3) is 5.91 Å².